The van der Waals surface area contributed by atoms with Gasteiger partial charge in [0.2, 0.25) is 5.89 Å². The summed E-state index contributed by atoms with van der Waals surface area (Å²) in [7, 11) is 0. The van der Waals surface area contributed by atoms with Crippen molar-refractivity contribution in [2.45, 2.75) is 32.6 Å². The van der Waals surface area contributed by atoms with Gasteiger partial charge >= 0.3 is 0 Å². The average molecular weight is 518 g/mol. The number of carbonyl (C=O) groups is 1. The summed E-state index contributed by atoms with van der Waals surface area (Å²) in [5, 5.41) is 2.91. The number of rotatable bonds is 11. The Balaban J connectivity index is 1.31. The number of benzene rings is 4. The SMILES string of the molecule is CC(c1ccccc1)N(Cc1cccc(Oc2ccccc2)c1)Cc1nc(C(=O)NCc2ccccc2)co1. The van der Waals surface area contributed by atoms with Crippen molar-refractivity contribution in [1.29, 1.82) is 0 Å². The lowest BCUT2D eigenvalue weighted by molar-refractivity contribution is 0.0945. The molecule has 5 rings (SSSR count). The zero-order chi connectivity index (χ0) is 26.9. The Morgan fingerprint density at radius 3 is 2.21 bits per heavy atom. The van der Waals surface area contributed by atoms with Crippen LogP contribution in [0.1, 0.15) is 46.0 Å². The number of hydrogen-bond acceptors (Lipinski definition) is 5. The summed E-state index contributed by atoms with van der Waals surface area (Å²) in [6, 6.07) is 38.0. The van der Waals surface area contributed by atoms with Crippen molar-refractivity contribution < 1.29 is 13.9 Å². The van der Waals surface area contributed by atoms with Crippen molar-refractivity contribution in [3.8, 4) is 11.5 Å². The number of amides is 1. The van der Waals surface area contributed by atoms with E-state index in [1.807, 2.05) is 91.0 Å². The molecule has 0 saturated carbocycles. The maximum atomic E-state index is 12.7. The number of ether oxygens (including phenoxy) is 1. The fraction of sp³-hybridized carbons (Fsp3) is 0.152. The topological polar surface area (TPSA) is 67.6 Å². The standard InChI is InChI=1S/C33H31N3O3/c1-25(28-15-7-3-8-16-28)36(22-27-14-11-19-30(20-27)39-29-17-9-4-10-18-29)23-32-35-31(24-38-32)33(37)34-21-26-12-5-2-6-13-26/h2-20,24-25H,21-23H2,1H3,(H,34,37). The molecule has 1 N–H and O–H groups in total. The first kappa shape index (κ1) is 25.9. The third-order valence-corrected chi connectivity index (χ3v) is 6.51. The van der Waals surface area contributed by atoms with Crippen LogP contribution in [0.3, 0.4) is 0 Å². The highest BCUT2D eigenvalue weighted by Gasteiger charge is 2.21. The van der Waals surface area contributed by atoms with Crippen LogP contribution in [0.4, 0.5) is 0 Å². The van der Waals surface area contributed by atoms with Crippen LogP contribution in [0.5, 0.6) is 11.5 Å². The van der Waals surface area contributed by atoms with Crippen molar-refractivity contribution in [3.63, 3.8) is 0 Å². The van der Waals surface area contributed by atoms with Gasteiger partial charge < -0.3 is 14.5 Å². The summed E-state index contributed by atoms with van der Waals surface area (Å²) in [6.45, 7) is 3.67. The molecule has 1 atom stereocenters. The molecule has 196 valence electrons. The largest absolute Gasteiger partial charge is 0.457 e. The molecule has 1 aromatic heterocycles. The third-order valence-electron chi connectivity index (χ3n) is 6.51. The lowest BCUT2D eigenvalue weighted by Gasteiger charge is -2.28. The zero-order valence-electron chi connectivity index (χ0n) is 21.9. The van der Waals surface area contributed by atoms with E-state index in [4.69, 9.17) is 9.15 Å². The second kappa shape index (κ2) is 12.7. The van der Waals surface area contributed by atoms with Gasteiger partial charge in [0.1, 0.15) is 17.8 Å². The van der Waals surface area contributed by atoms with Crippen LogP contribution in [0, 0.1) is 0 Å². The molecule has 4 aromatic carbocycles. The van der Waals surface area contributed by atoms with Crippen LogP contribution in [-0.2, 0) is 19.6 Å². The zero-order valence-corrected chi connectivity index (χ0v) is 21.9. The minimum Gasteiger partial charge on any atom is -0.457 e. The van der Waals surface area contributed by atoms with E-state index in [0.29, 0.717) is 25.5 Å². The molecule has 1 unspecified atom stereocenters. The monoisotopic (exact) mass is 517 g/mol. The van der Waals surface area contributed by atoms with Gasteiger partial charge in [-0.3, -0.25) is 9.69 Å². The van der Waals surface area contributed by atoms with E-state index < -0.39 is 0 Å². The van der Waals surface area contributed by atoms with E-state index in [1.54, 1.807) is 0 Å². The lowest BCUT2D eigenvalue weighted by Crippen LogP contribution is -2.27. The second-order valence-corrected chi connectivity index (χ2v) is 9.35. The molecule has 0 aliphatic rings. The van der Waals surface area contributed by atoms with Gasteiger partial charge in [0.05, 0.1) is 6.54 Å². The Morgan fingerprint density at radius 2 is 1.46 bits per heavy atom. The van der Waals surface area contributed by atoms with Crippen molar-refractivity contribution in [2.75, 3.05) is 0 Å². The van der Waals surface area contributed by atoms with Crippen LogP contribution >= 0.6 is 0 Å². The molecule has 1 amide bonds. The Bertz CT molecular complexity index is 1470. The maximum absolute atomic E-state index is 12.7. The Morgan fingerprint density at radius 1 is 0.821 bits per heavy atom. The number of para-hydroxylation sites is 1. The molecule has 6 nitrogen and oxygen atoms in total. The van der Waals surface area contributed by atoms with E-state index in [2.05, 4.69) is 46.4 Å². The van der Waals surface area contributed by atoms with Crippen LogP contribution in [0.2, 0.25) is 0 Å². The molecule has 0 radical (unpaired) electrons. The minimum absolute atomic E-state index is 0.0761. The van der Waals surface area contributed by atoms with Crippen molar-refractivity contribution in [3.05, 3.63) is 150 Å². The van der Waals surface area contributed by atoms with E-state index in [0.717, 1.165) is 22.6 Å². The van der Waals surface area contributed by atoms with Gasteiger partial charge in [0.25, 0.3) is 5.91 Å². The van der Waals surface area contributed by atoms with E-state index in [-0.39, 0.29) is 17.6 Å². The van der Waals surface area contributed by atoms with Gasteiger partial charge in [0, 0.05) is 19.1 Å². The summed E-state index contributed by atoms with van der Waals surface area (Å²) in [6.07, 6.45) is 1.43. The first-order valence-electron chi connectivity index (χ1n) is 13.0. The molecular formula is C33H31N3O3. The maximum Gasteiger partial charge on any atom is 0.273 e. The highest BCUT2D eigenvalue weighted by atomic mass is 16.5. The summed E-state index contributed by atoms with van der Waals surface area (Å²) < 4.78 is 11.8. The van der Waals surface area contributed by atoms with E-state index in [9.17, 15) is 4.79 Å². The predicted octanol–water partition coefficient (Wildman–Crippen LogP) is 7.16. The number of carbonyl (C=O) groups excluding carboxylic acids is 1. The van der Waals surface area contributed by atoms with Gasteiger partial charge in [-0.2, -0.15) is 0 Å². The van der Waals surface area contributed by atoms with Gasteiger partial charge in [-0.15, -0.1) is 0 Å². The molecule has 0 spiro atoms. The molecule has 0 saturated heterocycles. The molecule has 39 heavy (non-hydrogen) atoms. The average Bonchev–Trinajstić information content (AvgIpc) is 3.46. The third kappa shape index (κ3) is 7.21. The lowest BCUT2D eigenvalue weighted by atomic mass is 10.1. The Hall–Kier alpha value is -4.68. The first-order valence-corrected chi connectivity index (χ1v) is 13.0. The molecule has 0 bridgehead atoms. The van der Waals surface area contributed by atoms with E-state index >= 15 is 0 Å². The molecule has 0 aliphatic heterocycles. The molecule has 1 heterocycles. The second-order valence-electron chi connectivity index (χ2n) is 9.35. The normalized spacial score (nSPS) is 11.7. The van der Waals surface area contributed by atoms with Crippen LogP contribution in [-0.4, -0.2) is 15.8 Å². The van der Waals surface area contributed by atoms with Gasteiger partial charge in [0.15, 0.2) is 5.69 Å². The molecule has 6 heteroatoms. The van der Waals surface area contributed by atoms with Gasteiger partial charge in [-0.25, -0.2) is 4.98 Å². The van der Waals surface area contributed by atoms with Crippen molar-refractivity contribution in [1.82, 2.24) is 15.2 Å². The number of aromatic nitrogens is 1. The smallest absolute Gasteiger partial charge is 0.273 e. The molecule has 0 aliphatic carbocycles. The fourth-order valence-electron chi connectivity index (χ4n) is 4.37. The Labute approximate surface area is 228 Å². The number of hydrogen-bond donors (Lipinski definition) is 1. The highest BCUT2D eigenvalue weighted by Crippen LogP contribution is 2.27. The number of oxazole rings is 1. The number of nitrogens with one attached hydrogen (secondary N) is 1. The van der Waals surface area contributed by atoms with E-state index in [1.165, 1.54) is 11.8 Å². The summed E-state index contributed by atoms with van der Waals surface area (Å²) in [5.41, 5.74) is 3.57. The van der Waals surface area contributed by atoms with Crippen LogP contribution in [0.15, 0.2) is 126 Å². The summed E-state index contributed by atoms with van der Waals surface area (Å²) in [5.74, 6) is 1.79. The van der Waals surface area contributed by atoms with Crippen LogP contribution in [0.25, 0.3) is 0 Å². The Kier molecular flexibility index (Phi) is 8.46. The number of nitrogens with zero attached hydrogens (tertiary/aromatic N) is 2. The summed E-state index contributed by atoms with van der Waals surface area (Å²) >= 11 is 0. The molecule has 0 fully saturated rings. The quantitative estimate of drug-likeness (QED) is 0.201. The van der Waals surface area contributed by atoms with Crippen molar-refractivity contribution >= 4 is 5.91 Å². The molecule has 5 aromatic rings. The van der Waals surface area contributed by atoms with Crippen LogP contribution < -0.4 is 10.1 Å². The van der Waals surface area contributed by atoms with Crippen molar-refractivity contribution in [2.24, 2.45) is 0 Å². The van der Waals surface area contributed by atoms with Gasteiger partial charge in [-0.05, 0) is 47.9 Å². The minimum atomic E-state index is -0.262. The predicted molar refractivity (Wildman–Crippen MR) is 151 cm³/mol. The molecular weight excluding hydrogens is 486 g/mol. The fourth-order valence-corrected chi connectivity index (χ4v) is 4.37. The van der Waals surface area contributed by atoms with Gasteiger partial charge in [-0.1, -0.05) is 91.0 Å². The summed E-state index contributed by atoms with van der Waals surface area (Å²) in [4.78, 5) is 19.5. The first-order chi connectivity index (χ1) is 19.1. The highest BCUT2D eigenvalue weighted by molar-refractivity contribution is 5.91.